The lowest BCUT2D eigenvalue weighted by molar-refractivity contribution is -0.286. The van der Waals surface area contributed by atoms with Crippen LogP contribution in [0.25, 0.3) is 11.3 Å². The Morgan fingerprint density at radius 1 is 1.05 bits per heavy atom. The average molecular weight is 295 g/mol. The molecule has 112 valence electrons. The van der Waals surface area contributed by atoms with Crippen LogP contribution in [-0.4, -0.2) is 16.3 Å². The highest BCUT2D eigenvalue weighted by molar-refractivity contribution is 5.68. The number of ether oxygens (including phenoxy) is 2. The van der Waals surface area contributed by atoms with E-state index in [-0.39, 0.29) is 17.3 Å². The molecule has 0 saturated carbocycles. The Bertz CT molecular complexity index is 645. The Morgan fingerprint density at radius 3 is 2.24 bits per heavy atom. The number of hydrogen-bond donors (Lipinski definition) is 1. The Kier molecular flexibility index (Phi) is 3.93. The Labute approximate surface area is 120 Å². The molecule has 0 atom stereocenters. The number of halogens is 2. The maximum Gasteiger partial charge on any atom is 0.586 e. The standard InChI is InChI=1S/C12H9F2N3O2.C2H6/c1-6-2-9-10(19-12(13,14)18-9)3-7(6)8-4-17-11(15)5-16-8;1-2/h2-5H,1H3,(H2,15,17);1-2H3. The third kappa shape index (κ3) is 3.01. The van der Waals surface area contributed by atoms with Crippen molar-refractivity contribution in [2.24, 2.45) is 0 Å². The van der Waals surface area contributed by atoms with Gasteiger partial charge in [-0.15, -0.1) is 8.78 Å². The van der Waals surface area contributed by atoms with Gasteiger partial charge in [0, 0.05) is 5.56 Å². The number of anilines is 1. The minimum absolute atomic E-state index is 0.00894. The third-order valence-corrected chi connectivity index (χ3v) is 2.70. The van der Waals surface area contributed by atoms with Crippen molar-refractivity contribution in [3.63, 3.8) is 0 Å². The molecule has 1 aliphatic rings. The van der Waals surface area contributed by atoms with Gasteiger partial charge in [-0.3, -0.25) is 4.98 Å². The fourth-order valence-corrected chi connectivity index (χ4v) is 1.85. The van der Waals surface area contributed by atoms with Crippen LogP contribution in [0, 0.1) is 6.92 Å². The number of rotatable bonds is 1. The first-order valence-electron chi connectivity index (χ1n) is 6.43. The number of nitrogens with two attached hydrogens (primary N) is 1. The van der Waals surface area contributed by atoms with Crippen LogP contribution in [0.3, 0.4) is 0 Å². The highest BCUT2D eigenvalue weighted by Crippen LogP contribution is 2.44. The lowest BCUT2D eigenvalue weighted by Gasteiger charge is -2.06. The zero-order valence-corrected chi connectivity index (χ0v) is 11.9. The number of nitrogens with zero attached hydrogens (tertiary/aromatic N) is 2. The number of benzene rings is 1. The van der Waals surface area contributed by atoms with Gasteiger partial charge < -0.3 is 15.2 Å². The number of hydrogen-bond acceptors (Lipinski definition) is 5. The lowest BCUT2D eigenvalue weighted by atomic mass is 10.1. The molecule has 0 aliphatic carbocycles. The Morgan fingerprint density at radius 2 is 1.67 bits per heavy atom. The van der Waals surface area contributed by atoms with Gasteiger partial charge in [-0.2, -0.15) is 0 Å². The van der Waals surface area contributed by atoms with Crippen molar-refractivity contribution in [1.29, 1.82) is 0 Å². The summed E-state index contributed by atoms with van der Waals surface area (Å²) in [4.78, 5) is 8.01. The average Bonchev–Trinajstić information content (AvgIpc) is 2.74. The molecule has 21 heavy (non-hydrogen) atoms. The summed E-state index contributed by atoms with van der Waals surface area (Å²) in [7, 11) is 0. The number of aryl methyl sites for hydroxylation is 1. The fourth-order valence-electron chi connectivity index (χ4n) is 1.85. The van der Waals surface area contributed by atoms with E-state index >= 15 is 0 Å². The van der Waals surface area contributed by atoms with Crippen LogP contribution in [0.5, 0.6) is 11.5 Å². The van der Waals surface area contributed by atoms with Crippen molar-refractivity contribution in [3.05, 3.63) is 30.1 Å². The number of fused-ring (bicyclic) bond motifs is 1. The van der Waals surface area contributed by atoms with Gasteiger partial charge in [0.1, 0.15) is 5.82 Å². The Balaban J connectivity index is 0.000000774. The van der Waals surface area contributed by atoms with E-state index in [1.54, 1.807) is 6.92 Å². The van der Waals surface area contributed by atoms with Gasteiger partial charge in [-0.1, -0.05) is 13.8 Å². The van der Waals surface area contributed by atoms with Gasteiger partial charge in [0.05, 0.1) is 18.1 Å². The van der Waals surface area contributed by atoms with Crippen LogP contribution in [0.2, 0.25) is 0 Å². The van der Waals surface area contributed by atoms with E-state index < -0.39 is 6.29 Å². The topological polar surface area (TPSA) is 70.3 Å². The van der Waals surface area contributed by atoms with Crippen molar-refractivity contribution in [1.82, 2.24) is 9.97 Å². The van der Waals surface area contributed by atoms with Gasteiger partial charge in [-0.05, 0) is 24.6 Å². The molecule has 7 heteroatoms. The highest BCUT2D eigenvalue weighted by atomic mass is 19.3. The zero-order valence-electron chi connectivity index (χ0n) is 11.9. The summed E-state index contributed by atoms with van der Waals surface area (Å²) in [6.07, 6.45) is -0.758. The molecular formula is C14H15F2N3O2. The maximum atomic E-state index is 13.0. The van der Waals surface area contributed by atoms with E-state index in [1.807, 2.05) is 13.8 Å². The zero-order chi connectivity index (χ0) is 15.6. The second kappa shape index (κ2) is 5.51. The number of nitrogen functional groups attached to an aromatic ring is 1. The normalized spacial score (nSPS) is 14.3. The molecular weight excluding hydrogens is 280 g/mol. The minimum atomic E-state index is -3.62. The molecule has 2 aromatic rings. The van der Waals surface area contributed by atoms with E-state index in [0.29, 0.717) is 11.3 Å². The smallest absolute Gasteiger partial charge is 0.395 e. The first kappa shape index (κ1) is 15.0. The molecule has 3 rings (SSSR count). The van der Waals surface area contributed by atoms with Gasteiger partial charge in [0.25, 0.3) is 0 Å². The summed E-state index contributed by atoms with van der Waals surface area (Å²) in [5.74, 6) is 0.271. The van der Waals surface area contributed by atoms with Crippen LogP contribution in [0.15, 0.2) is 24.5 Å². The van der Waals surface area contributed by atoms with Crippen LogP contribution in [0.4, 0.5) is 14.6 Å². The first-order valence-corrected chi connectivity index (χ1v) is 6.43. The number of aromatic nitrogens is 2. The summed E-state index contributed by atoms with van der Waals surface area (Å²) in [6.45, 7) is 5.76. The van der Waals surface area contributed by atoms with Gasteiger partial charge in [-0.25, -0.2) is 4.98 Å². The fraction of sp³-hybridized carbons (Fsp3) is 0.286. The SMILES string of the molecule is CC.Cc1cc2c(cc1-c1cnc(N)cn1)OC(F)(F)O2. The van der Waals surface area contributed by atoms with Gasteiger partial charge >= 0.3 is 6.29 Å². The monoisotopic (exact) mass is 295 g/mol. The van der Waals surface area contributed by atoms with E-state index in [0.717, 1.165) is 5.56 Å². The van der Waals surface area contributed by atoms with Crippen molar-refractivity contribution in [2.45, 2.75) is 27.1 Å². The third-order valence-electron chi connectivity index (χ3n) is 2.70. The molecule has 0 bridgehead atoms. The molecule has 0 fully saturated rings. The molecule has 0 spiro atoms. The predicted octanol–water partition coefficient (Wildman–Crippen LogP) is 3.38. The van der Waals surface area contributed by atoms with E-state index in [2.05, 4.69) is 19.4 Å². The Hall–Kier alpha value is -2.44. The van der Waals surface area contributed by atoms with Gasteiger partial charge in [0.15, 0.2) is 11.5 Å². The largest absolute Gasteiger partial charge is 0.586 e. The number of alkyl halides is 2. The predicted molar refractivity (Wildman–Crippen MR) is 74.2 cm³/mol. The molecule has 1 aromatic heterocycles. The maximum absolute atomic E-state index is 13.0. The van der Waals surface area contributed by atoms with Crippen molar-refractivity contribution in [3.8, 4) is 22.8 Å². The summed E-state index contributed by atoms with van der Waals surface area (Å²) in [6, 6.07) is 2.93. The summed E-state index contributed by atoms with van der Waals surface area (Å²) in [5, 5.41) is 0. The van der Waals surface area contributed by atoms with Crippen LogP contribution < -0.4 is 15.2 Å². The quantitative estimate of drug-likeness (QED) is 0.873. The molecule has 2 N–H and O–H groups in total. The van der Waals surface area contributed by atoms with Crippen molar-refractivity contribution >= 4 is 5.82 Å². The lowest BCUT2D eigenvalue weighted by Crippen LogP contribution is -2.25. The molecule has 0 unspecified atom stereocenters. The molecule has 5 nitrogen and oxygen atoms in total. The van der Waals surface area contributed by atoms with E-state index in [9.17, 15) is 8.78 Å². The second-order valence-electron chi connectivity index (χ2n) is 4.11. The summed E-state index contributed by atoms with van der Waals surface area (Å²) < 4.78 is 34.7. The molecule has 1 aliphatic heterocycles. The summed E-state index contributed by atoms with van der Waals surface area (Å²) >= 11 is 0. The summed E-state index contributed by atoms with van der Waals surface area (Å²) in [5.41, 5.74) is 7.33. The highest BCUT2D eigenvalue weighted by Gasteiger charge is 2.43. The minimum Gasteiger partial charge on any atom is -0.395 e. The van der Waals surface area contributed by atoms with Crippen LogP contribution in [0.1, 0.15) is 19.4 Å². The molecule has 1 aromatic carbocycles. The molecule has 0 amide bonds. The van der Waals surface area contributed by atoms with Gasteiger partial charge in [0.2, 0.25) is 0 Å². The molecule has 2 heterocycles. The molecule has 0 radical (unpaired) electrons. The first-order chi connectivity index (χ1) is 9.94. The van der Waals surface area contributed by atoms with Crippen molar-refractivity contribution < 1.29 is 18.3 Å². The van der Waals surface area contributed by atoms with Crippen LogP contribution in [-0.2, 0) is 0 Å². The molecule has 0 saturated heterocycles. The second-order valence-corrected chi connectivity index (χ2v) is 4.11. The van der Waals surface area contributed by atoms with E-state index in [4.69, 9.17) is 5.73 Å². The van der Waals surface area contributed by atoms with Crippen molar-refractivity contribution in [2.75, 3.05) is 5.73 Å². The van der Waals surface area contributed by atoms with Crippen LogP contribution >= 0.6 is 0 Å². The van der Waals surface area contributed by atoms with E-state index in [1.165, 1.54) is 24.5 Å².